The number of nitrogens with two attached hydrogens (primary N) is 2. The molecule has 1 aromatic rings. The number of carbonyl (C=O) groups excluding carboxylic acids is 3. The summed E-state index contributed by atoms with van der Waals surface area (Å²) in [6, 6.07) is 7.84. The lowest BCUT2D eigenvalue weighted by atomic mass is 10.1. The number of ether oxygens (including phenoxy) is 1. The van der Waals surface area contributed by atoms with Crippen molar-refractivity contribution >= 4 is 29.8 Å². The zero-order chi connectivity index (χ0) is 30.3. The third-order valence-corrected chi connectivity index (χ3v) is 5.09. The van der Waals surface area contributed by atoms with Gasteiger partial charge in [-0.1, -0.05) is 44.2 Å². The van der Waals surface area contributed by atoms with Crippen LogP contribution >= 0.6 is 0 Å². The van der Waals surface area contributed by atoms with E-state index in [2.05, 4.69) is 5.32 Å². The largest absolute Gasteiger partial charge is 0.550 e. The standard InChI is InChI=1S/C16H24N2O4.C6H13NO2.C4H7N3O/c1-18(2,3)11-13(10-15(19)20)22-16(21)14(17)9-12-7-5-4-6-8-12;1-4(2)3-5(7)6(8)9;1-7-2-3(8)6-4(7)5/h4-8,13-14H,9-11,17H2,1-3H3;4-5H,3,7H2,1-2H3,(H,8,9);2H2,1H3,(H2,5,6,8)/t13?,14-;5-;/m00./s1. The fourth-order valence-electron chi connectivity index (χ4n) is 3.31. The van der Waals surface area contributed by atoms with Crippen molar-refractivity contribution in [3.05, 3.63) is 35.9 Å². The molecule has 220 valence electrons. The van der Waals surface area contributed by atoms with Crippen molar-refractivity contribution in [1.82, 2.24) is 10.2 Å². The van der Waals surface area contributed by atoms with Gasteiger partial charge < -0.3 is 40.6 Å². The summed E-state index contributed by atoms with van der Waals surface area (Å²) in [7, 11) is 7.36. The van der Waals surface area contributed by atoms with Gasteiger partial charge in [-0.15, -0.1) is 0 Å². The highest BCUT2D eigenvalue weighted by atomic mass is 16.5. The molecule has 0 aromatic heterocycles. The molecule has 1 amide bonds. The Hall–Kier alpha value is -3.55. The van der Waals surface area contributed by atoms with Crippen molar-refractivity contribution in [2.45, 2.75) is 51.3 Å². The molecule has 3 atom stereocenters. The number of amides is 1. The van der Waals surface area contributed by atoms with Crippen molar-refractivity contribution in [2.75, 3.05) is 41.3 Å². The average Bonchev–Trinajstić information content (AvgIpc) is 3.07. The van der Waals surface area contributed by atoms with E-state index in [0.717, 1.165) is 5.56 Å². The molecule has 1 aromatic carbocycles. The minimum absolute atomic E-state index is 0.0995. The quantitative estimate of drug-likeness (QED) is 0.162. The molecule has 1 fully saturated rings. The Bertz CT molecular complexity index is 950. The van der Waals surface area contributed by atoms with Crippen molar-refractivity contribution in [3.8, 4) is 0 Å². The van der Waals surface area contributed by atoms with E-state index in [1.54, 1.807) is 11.9 Å². The monoisotopic (exact) mass is 552 g/mol. The van der Waals surface area contributed by atoms with E-state index >= 15 is 0 Å². The van der Waals surface area contributed by atoms with Crippen molar-refractivity contribution in [2.24, 2.45) is 17.4 Å². The highest BCUT2D eigenvalue weighted by molar-refractivity contribution is 6.02. The third kappa shape index (κ3) is 17.6. The van der Waals surface area contributed by atoms with Crippen molar-refractivity contribution in [3.63, 3.8) is 0 Å². The van der Waals surface area contributed by atoms with Crippen LogP contribution in [-0.2, 0) is 30.3 Å². The molecule has 0 bridgehead atoms. The van der Waals surface area contributed by atoms with E-state index in [1.165, 1.54) is 0 Å². The number of aliphatic carboxylic acids is 2. The first-order valence-electron chi connectivity index (χ1n) is 12.5. The van der Waals surface area contributed by atoms with E-state index in [4.69, 9.17) is 26.7 Å². The lowest BCUT2D eigenvalue weighted by Crippen LogP contribution is -2.47. The maximum absolute atomic E-state index is 12.1. The third-order valence-electron chi connectivity index (χ3n) is 5.09. The molecule has 1 unspecified atom stereocenters. The van der Waals surface area contributed by atoms with Crippen LogP contribution in [0.25, 0.3) is 0 Å². The van der Waals surface area contributed by atoms with Crippen LogP contribution in [0.2, 0.25) is 0 Å². The summed E-state index contributed by atoms with van der Waals surface area (Å²) in [4.78, 5) is 44.9. The van der Waals surface area contributed by atoms with Gasteiger partial charge in [0.2, 0.25) is 5.91 Å². The number of esters is 1. The Labute approximate surface area is 230 Å². The number of rotatable bonds is 11. The second kappa shape index (κ2) is 17.1. The van der Waals surface area contributed by atoms with Crippen LogP contribution in [0.15, 0.2) is 30.3 Å². The number of nitrogens with zero attached hydrogens (tertiary/aromatic N) is 2. The number of carboxylic acids is 2. The molecule has 39 heavy (non-hydrogen) atoms. The summed E-state index contributed by atoms with van der Waals surface area (Å²) in [5.74, 6) is -2.31. The van der Waals surface area contributed by atoms with Crippen LogP contribution in [0, 0.1) is 11.3 Å². The molecule has 0 spiro atoms. The van der Waals surface area contributed by atoms with Gasteiger partial charge in [-0.2, -0.15) is 0 Å². The summed E-state index contributed by atoms with van der Waals surface area (Å²) in [5, 5.41) is 28.4. The molecule has 0 saturated carbocycles. The Balaban J connectivity index is 0.000000691. The van der Waals surface area contributed by atoms with Gasteiger partial charge in [0.25, 0.3) is 0 Å². The van der Waals surface area contributed by atoms with E-state index in [9.17, 15) is 24.3 Å². The predicted molar refractivity (Wildman–Crippen MR) is 144 cm³/mol. The number of likely N-dealkylation sites (N-methyl/N-ethyl adjacent to an activating group) is 2. The van der Waals surface area contributed by atoms with Gasteiger partial charge in [-0.25, -0.2) is 0 Å². The Kier molecular flexibility index (Phi) is 15.6. The average molecular weight is 553 g/mol. The van der Waals surface area contributed by atoms with E-state index in [1.807, 2.05) is 65.3 Å². The molecule has 0 radical (unpaired) electrons. The molecule has 2 rings (SSSR count). The zero-order valence-corrected chi connectivity index (χ0v) is 23.7. The fourth-order valence-corrected chi connectivity index (χ4v) is 3.31. The molecular weight excluding hydrogens is 508 g/mol. The lowest BCUT2D eigenvalue weighted by molar-refractivity contribution is -0.873. The highest BCUT2D eigenvalue weighted by Crippen LogP contribution is 2.08. The SMILES string of the molecule is CC(C)C[C@H](N)C(=O)O.CN1CC(=O)NC1=N.C[N+](C)(C)CC(CC(=O)[O-])OC(=O)[C@@H](N)Cc1ccccc1. The normalized spacial score (nSPS) is 15.2. The first-order chi connectivity index (χ1) is 17.9. The van der Waals surface area contributed by atoms with Crippen LogP contribution in [0.5, 0.6) is 0 Å². The predicted octanol–water partition coefficient (Wildman–Crippen LogP) is -1.26. The van der Waals surface area contributed by atoms with Crippen molar-refractivity contribution < 1.29 is 38.6 Å². The fraction of sp³-hybridized carbons (Fsp3) is 0.577. The van der Waals surface area contributed by atoms with Crippen LogP contribution in [0.4, 0.5) is 0 Å². The van der Waals surface area contributed by atoms with Gasteiger partial charge in [0.05, 0.1) is 27.7 Å². The maximum Gasteiger partial charge on any atom is 0.323 e. The first kappa shape index (κ1) is 35.5. The van der Waals surface area contributed by atoms with Crippen LogP contribution < -0.4 is 21.9 Å². The van der Waals surface area contributed by atoms with Gasteiger partial charge >= 0.3 is 11.9 Å². The summed E-state index contributed by atoms with van der Waals surface area (Å²) >= 11 is 0. The van der Waals surface area contributed by atoms with Gasteiger partial charge in [0.15, 0.2) is 12.1 Å². The Morgan fingerprint density at radius 1 is 1.15 bits per heavy atom. The van der Waals surface area contributed by atoms with Gasteiger partial charge in [0.1, 0.15) is 18.6 Å². The molecule has 13 heteroatoms. The Morgan fingerprint density at radius 2 is 1.72 bits per heavy atom. The number of guanidine groups is 1. The van der Waals surface area contributed by atoms with E-state index in [-0.39, 0.29) is 18.3 Å². The number of benzene rings is 1. The Morgan fingerprint density at radius 3 is 2.05 bits per heavy atom. The molecule has 1 heterocycles. The number of quaternary nitrogens is 1. The highest BCUT2D eigenvalue weighted by Gasteiger charge is 2.25. The molecule has 1 aliphatic rings. The molecule has 1 aliphatic heterocycles. The van der Waals surface area contributed by atoms with Gasteiger partial charge in [0, 0.05) is 19.4 Å². The molecular formula is C26H44N6O7. The second-order valence-corrected chi connectivity index (χ2v) is 10.7. The minimum Gasteiger partial charge on any atom is -0.550 e. The number of hydrogen-bond acceptors (Lipinski definition) is 9. The maximum atomic E-state index is 12.1. The summed E-state index contributed by atoms with van der Waals surface area (Å²) in [6.45, 7) is 4.59. The number of hydrogen-bond donors (Lipinski definition) is 5. The van der Waals surface area contributed by atoms with E-state index < -0.39 is 36.1 Å². The number of carbonyl (C=O) groups is 4. The first-order valence-corrected chi connectivity index (χ1v) is 12.5. The second-order valence-electron chi connectivity index (χ2n) is 10.7. The summed E-state index contributed by atoms with van der Waals surface area (Å²) in [5.41, 5.74) is 12.0. The smallest absolute Gasteiger partial charge is 0.323 e. The molecule has 0 aliphatic carbocycles. The van der Waals surface area contributed by atoms with Gasteiger partial charge in [-0.3, -0.25) is 25.1 Å². The number of nitrogens with one attached hydrogen (secondary N) is 2. The zero-order valence-electron chi connectivity index (χ0n) is 23.7. The summed E-state index contributed by atoms with van der Waals surface area (Å²) < 4.78 is 5.74. The molecule has 7 N–H and O–H groups in total. The van der Waals surface area contributed by atoms with Gasteiger partial charge in [-0.05, 0) is 24.3 Å². The topological polar surface area (TPSA) is 212 Å². The molecule has 13 nitrogen and oxygen atoms in total. The minimum atomic E-state index is -1.25. The van der Waals surface area contributed by atoms with E-state index in [0.29, 0.717) is 36.3 Å². The lowest BCUT2D eigenvalue weighted by Gasteiger charge is -2.29. The van der Waals surface area contributed by atoms with Crippen LogP contribution in [0.3, 0.4) is 0 Å². The van der Waals surface area contributed by atoms with Crippen molar-refractivity contribution in [1.29, 1.82) is 5.41 Å². The van der Waals surface area contributed by atoms with Crippen LogP contribution in [-0.4, -0.2) is 104 Å². The number of carboxylic acid groups (broad SMARTS) is 2. The molecule has 1 saturated heterocycles. The van der Waals surface area contributed by atoms with Crippen LogP contribution in [0.1, 0.15) is 32.3 Å². The summed E-state index contributed by atoms with van der Waals surface area (Å²) in [6.07, 6.45) is -0.184.